The van der Waals surface area contributed by atoms with Crippen LogP contribution in [0.3, 0.4) is 0 Å². The van der Waals surface area contributed by atoms with Gasteiger partial charge in [-0.3, -0.25) is 4.98 Å². The SMILES string of the molecule is Cc1nc(N[C@H](C)c2cccc(C(F)F)c2F)c2cc(P(C)(=O)C(C)C)ncc2n1. The van der Waals surface area contributed by atoms with Gasteiger partial charge in [-0.05, 0) is 26.6 Å². The molecule has 0 saturated carbocycles. The van der Waals surface area contributed by atoms with E-state index in [0.717, 1.165) is 6.07 Å². The molecule has 30 heavy (non-hydrogen) atoms. The molecule has 3 aromatic rings. The summed E-state index contributed by atoms with van der Waals surface area (Å²) in [4.78, 5) is 13.1. The van der Waals surface area contributed by atoms with E-state index in [1.54, 1.807) is 32.8 Å². The fraction of sp³-hybridized carbons (Fsp3) is 0.381. The minimum atomic E-state index is -2.90. The van der Waals surface area contributed by atoms with E-state index >= 15 is 0 Å². The van der Waals surface area contributed by atoms with Crippen LogP contribution in [0, 0.1) is 12.7 Å². The quantitative estimate of drug-likeness (QED) is 0.509. The Hall–Kier alpha value is -2.47. The first kappa shape index (κ1) is 22.2. The van der Waals surface area contributed by atoms with Gasteiger partial charge in [0.1, 0.15) is 30.0 Å². The zero-order valence-electron chi connectivity index (χ0n) is 17.4. The molecule has 9 heteroatoms. The van der Waals surface area contributed by atoms with Gasteiger partial charge in [0.05, 0.1) is 23.3 Å². The highest BCUT2D eigenvalue weighted by atomic mass is 31.2. The van der Waals surface area contributed by atoms with E-state index in [1.165, 1.54) is 12.1 Å². The smallest absolute Gasteiger partial charge is 0.266 e. The number of nitrogens with zero attached hydrogens (tertiary/aromatic N) is 3. The first-order valence-corrected chi connectivity index (χ1v) is 11.8. The van der Waals surface area contributed by atoms with Gasteiger partial charge in [0.25, 0.3) is 6.43 Å². The van der Waals surface area contributed by atoms with E-state index in [2.05, 4.69) is 20.3 Å². The summed E-state index contributed by atoms with van der Waals surface area (Å²) in [5.74, 6) is -0.0702. The second-order valence-corrected chi connectivity index (χ2v) is 11.2. The minimum Gasteiger partial charge on any atom is -0.363 e. The first-order chi connectivity index (χ1) is 14.0. The topological polar surface area (TPSA) is 67.8 Å². The Morgan fingerprint density at radius 2 is 1.77 bits per heavy atom. The van der Waals surface area contributed by atoms with Crippen molar-refractivity contribution in [2.24, 2.45) is 0 Å². The maximum atomic E-state index is 14.6. The molecule has 160 valence electrons. The lowest BCUT2D eigenvalue weighted by Crippen LogP contribution is -2.17. The molecule has 3 rings (SSSR count). The molecule has 2 heterocycles. The van der Waals surface area contributed by atoms with Crippen LogP contribution in [0.5, 0.6) is 0 Å². The van der Waals surface area contributed by atoms with Crippen molar-refractivity contribution < 1.29 is 17.7 Å². The third kappa shape index (κ3) is 4.19. The summed E-state index contributed by atoms with van der Waals surface area (Å²) in [6.07, 6.45) is -1.35. The summed E-state index contributed by atoms with van der Waals surface area (Å²) in [7, 11) is -2.71. The number of halogens is 3. The van der Waals surface area contributed by atoms with E-state index in [9.17, 15) is 17.7 Å². The Kier molecular flexibility index (Phi) is 6.18. The van der Waals surface area contributed by atoms with Crippen molar-refractivity contribution in [3.63, 3.8) is 0 Å². The Morgan fingerprint density at radius 1 is 1.10 bits per heavy atom. The van der Waals surface area contributed by atoms with Crippen molar-refractivity contribution in [3.05, 3.63) is 53.2 Å². The van der Waals surface area contributed by atoms with E-state index in [-0.39, 0.29) is 11.2 Å². The molecular weight excluding hydrogens is 412 g/mol. The number of aryl methyl sites for hydroxylation is 1. The monoisotopic (exact) mass is 436 g/mol. The first-order valence-electron chi connectivity index (χ1n) is 9.57. The molecule has 0 bridgehead atoms. The second kappa shape index (κ2) is 8.34. The average molecular weight is 436 g/mol. The van der Waals surface area contributed by atoms with E-state index in [1.807, 2.05) is 13.8 Å². The predicted molar refractivity (Wildman–Crippen MR) is 114 cm³/mol. The number of anilines is 1. The van der Waals surface area contributed by atoms with Crippen molar-refractivity contribution in [2.45, 2.75) is 45.8 Å². The Bertz CT molecular complexity index is 1140. The van der Waals surface area contributed by atoms with Crippen molar-refractivity contribution in [2.75, 3.05) is 12.0 Å². The lowest BCUT2D eigenvalue weighted by Gasteiger charge is -2.20. The molecule has 1 N–H and O–H groups in total. The molecule has 0 fully saturated rings. The van der Waals surface area contributed by atoms with Crippen molar-refractivity contribution in [1.82, 2.24) is 15.0 Å². The summed E-state index contributed by atoms with van der Waals surface area (Å²) >= 11 is 0. The van der Waals surface area contributed by atoms with Crippen LogP contribution in [0.4, 0.5) is 19.0 Å². The van der Waals surface area contributed by atoms with Gasteiger partial charge in [-0.15, -0.1) is 0 Å². The molecule has 0 aliphatic rings. The van der Waals surface area contributed by atoms with Crippen LogP contribution in [0.15, 0.2) is 30.5 Å². The van der Waals surface area contributed by atoms with E-state index in [0.29, 0.717) is 28.0 Å². The van der Waals surface area contributed by atoms with Crippen LogP contribution in [0.2, 0.25) is 0 Å². The van der Waals surface area contributed by atoms with Crippen LogP contribution < -0.4 is 10.8 Å². The number of benzene rings is 1. The minimum absolute atomic E-state index is 0.0877. The number of rotatable bonds is 6. The maximum absolute atomic E-state index is 14.6. The van der Waals surface area contributed by atoms with Gasteiger partial charge in [-0.2, -0.15) is 0 Å². The summed E-state index contributed by atoms with van der Waals surface area (Å²) in [6.45, 7) is 8.80. The van der Waals surface area contributed by atoms with Gasteiger partial charge in [0.15, 0.2) is 0 Å². The molecule has 0 saturated heterocycles. The van der Waals surface area contributed by atoms with Crippen LogP contribution in [-0.4, -0.2) is 27.3 Å². The standard InChI is InChI=1S/C21H24F3N4OP/c1-11(2)30(5,29)18-9-16-17(10-25-18)27-13(4)28-21(16)26-12(3)14-7-6-8-15(19(14)22)20(23)24/h6-12,20H,1-5H3,(H,26,27,28)/t12-,30?/m1/s1. The van der Waals surface area contributed by atoms with Gasteiger partial charge in [0, 0.05) is 16.6 Å². The zero-order chi connectivity index (χ0) is 22.2. The summed E-state index contributed by atoms with van der Waals surface area (Å²) < 4.78 is 53.8. The molecule has 0 spiro atoms. The normalized spacial score (nSPS) is 14.9. The maximum Gasteiger partial charge on any atom is 0.266 e. The largest absolute Gasteiger partial charge is 0.363 e. The van der Waals surface area contributed by atoms with Gasteiger partial charge in [-0.1, -0.05) is 32.0 Å². The number of aromatic nitrogens is 3. The molecule has 1 unspecified atom stereocenters. The molecule has 0 aliphatic carbocycles. The number of alkyl halides is 2. The van der Waals surface area contributed by atoms with Crippen LogP contribution in [0.25, 0.3) is 10.9 Å². The van der Waals surface area contributed by atoms with Gasteiger partial charge < -0.3 is 9.88 Å². The molecule has 0 aliphatic heterocycles. The average Bonchev–Trinajstić information content (AvgIpc) is 2.67. The summed E-state index contributed by atoms with van der Waals surface area (Å²) in [5, 5.41) is 3.69. The third-order valence-electron chi connectivity index (χ3n) is 5.23. The van der Waals surface area contributed by atoms with Crippen molar-refractivity contribution >= 4 is 29.3 Å². The fourth-order valence-electron chi connectivity index (χ4n) is 3.11. The van der Waals surface area contributed by atoms with Crippen LogP contribution in [-0.2, 0) is 4.57 Å². The van der Waals surface area contributed by atoms with Crippen LogP contribution in [0.1, 0.15) is 50.2 Å². The molecule has 2 atom stereocenters. The Labute approximate surface area is 173 Å². The van der Waals surface area contributed by atoms with Crippen molar-refractivity contribution in [3.8, 4) is 0 Å². The number of nitrogens with one attached hydrogen (secondary N) is 1. The molecule has 0 radical (unpaired) electrons. The zero-order valence-corrected chi connectivity index (χ0v) is 18.3. The number of hydrogen-bond acceptors (Lipinski definition) is 5. The van der Waals surface area contributed by atoms with Gasteiger partial charge in [-0.25, -0.2) is 23.1 Å². The number of fused-ring (bicyclic) bond motifs is 1. The molecule has 5 nitrogen and oxygen atoms in total. The molecule has 1 aromatic carbocycles. The molecular formula is C21H24F3N4OP. The van der Waals surface area contributed by atoms with Gasteiger partial charge in [0.2, 0.25) is 0 Å². The molecule has 0 amide bonds. The highest BCUT2D eigenvalue weighted by Crippen LogP contribution is 2.45. The van der Waals surface area contributed by atoms with Crippen molar-refractivity contribution in [1.29, 1.82) is 0 Å². The van der Waals surface area contributed by atoms with E-state index in [4.69, 9.17) is 0 Å². The van der Waals surface area contributed by atoms with Crippen LogP contribution >= 0.6 is 7.14 Å². The Balaban J connectivity index is 2.07. The highest BCUT2D eigenvalue weighted by molar-refractivity contribution is 7.71. The molecule has 2 aromatic heterocycles. The lowest BCUT2D eigenvalue weighted by atomic mass is 10.0. The third-order valence-corrected chi connectivity index (χ3v) is 8.36. The predicted octanol–water partition coefficient (Wildman–Crippen LogP) is 5.61. The fourth-order valence-corrected chi connectivity index (χ4v) is 4.31. The highest BCUT2D eigenvalue weighted by Gasteiger charge is 2.26. The van der Waals surface area contributed by atoms with Gasteiger partial charge >= 0.3 is 0 Å². The number of pyridine rings is 1. The van der Waals surface area contributed by atoms with E-state index < -0.39 is 31.0 Å². The number of hydrogen-bond donors (Lipinski definition) is 1. The summed E-state index contributed by atoms with van der Waals surface area (Å²) in [6, 6.07) is 4.98. The second-order valence-electron chi connectivity index (χ2n) is 7.68. The Morgan fingerprint density at radius 3 is 2.40 bits per heavy atom. The summed E-state index contributed by atoms with van der Waals surface area (Å²) in [5.41, 5.74) is 0.385. The lowest BCUT2D eigenvalue weighted by molar-refractivity contribution is 0.146.